The maximum atomic E-state index is 11.8. The monoisotopic (exact) mass is 353 g/mol. The molecule has 0 saturated carbocycles. The third-order valence-corrected chi connectivity index (χ3v) is 4.45. The van der Waals surface area contributed by atoms with Gasteiger partial charge in [-0.05, 0) is 37.0 Å². The molecular formula is C16H24BrN3O. The Balaban J connectivity index is 1.79. The molecule has 1 saturated heterocycles. The average Bonchev–Trinajstić information content (AvgIpc) is 2.94. The molecule has 1 fully saturated rings. The molecule has 1 aliphatic heterocycles. The van der Waals surface area contributed by atoms with E-state index in [1.54, 1.807) is 0 Å². The van der Waals surface area contributed by atoms with Gasteiger partial charge in [0.15, 0.2) is 0 Å². The predicted molar refractivity (Wildman–Crippen MR) is 90.4 cm³/mol. The molecule has 2 unspecified atom stereocenters. The van der Waals surface area contributed by atoms with Crippen LogP contribution in [0.1, 0.15) is 26.2 Å². The van der Waals surface area contributed by atoms with Gasteiger partial charge in [0.05, 0.1) is 6.04 Å². The minimum absolute atomic E-state index is 0.0160. The van der Waals surface area contributed by atoms with Gasteiger partial charge in [0, 0.05) is 29.8 Å². The van der Waals surface area contributed by atoms with E-state index in [4.69, 9.17) is 5.73 Å². The van der Waals surface area contributed by atoms with Crippen molar-refractivity contribution in [3.63, 3.8) is 0 Å². The first-order valence-electron chi connectivity index (χ1n) is 7.64. The highest BCUT2D eigenvalue weighted by Gasteiger charge is 2.23. The lowest BCUT2D eigenvalue weighted by atomic mass is 10.1. The Hall–Kier alpha value is -1.07. The zero-order valence-electron chi connectivity index (χ0n) is 12.5. The number of nitrogens with zero attached hydrogens (tertiary/aromatic N) is 1. The fraction of sp³-hybridized carbons (Fsp3) is 0.562. The highest BCUT2D eigenvalue weighted by atomic mass is 79.9. The van der Waals surface area contributed by atoms with Crippen LogP contribution < -0.4 is 16.0 Å². The molecule has 1 aromatic rings. The summed E-state index contributed by atoms with van der Waals surface area (Å²) < 4.78 is 1.10. The molecule has 1 heterocycles. The van der Waals surface area contributed by atoms with E-state index in [-0.39, 0.29) is 11.9 Å². The van der Waals surface area contributed by atoms with Crippen molar-refractivity contribution >= 4 is 27.5 Å². The van der Waals surface area contributed by atoms with E-state index >= 15 is 0 Å². The fourth-order valence-electron chi connectivity index (χ4n) is 2.72. The standard InChI is InChI=1S/C16H24BrN3O/c1-2-4-15(18)16(21)19-10-12-7-8-20(11-12)14-6-3-5-13(17)9-14/h3,5-6,9,12,15H,2,4,7-8,10-11,18H2,1H3,(H,19,21). The van der Waals surface area contributed by atoms with Crippen LogP contribution in [0.15, 0.2) is 28.7 Å². The number of hydrogen-bond donors (Lipinski definition) is 2. The number of anilines is 1. The number of carbonyl (C=O) groups excluding carboxylic acids is 1. The topological polar surface area (TPSA) is 58.4 Å². The van der Waals surface area contributed by atoms with Crippen molar-refractivity contribution in [2.45, 2.75) is 32.2 Å². The number of benzene rings is 1. The maximum absolute atomic E-state index is 11.8. The number of nitrogens with one attached hydrogen (secondary N) is 1. The van der Waals surface area contributed by atoms with Gasteiger partial charge in [-0.3, -0.25) is 4.79 Å². The van der Waals surface area contributed by atoms with E-state index in [2.05, 4.69) is 44.3 Å². The van der Waals surface area contributed by atoms with Crippen LogP contribution in [0.2, 0.25) is 0 Å². The van der Waals surface area contributed by atoms with Crippen LogP contribution in [0.3, 0.4) is 0 Å². The second kappa shape index (κ2) is 7.80. The first-order chi connectivity index (χ1) is 10.1. The summed E-state index contributed by atoms with van der Waals surface area (Å²) in [4.78, 5) is 14.2. The number of amides is 1. The smallest absolute Gasteiger partial charge is 0.236 e. The lowest BCUT2D eigenvalue weighted by Gasteiger charge is -2.19. The molecular weight excluding hydrogens is 330 g/mol. The van der Waals surface area contributed by atoms with Crippen molar-refractivity contribution in [3.8, 4) is 0 Å². The van der Waals surface area contributed by atoms with Crippen LogP contribution in [0.4, 0.5) is 5.69 Å². The summed E-state index contributed by atoms with van der Waals surface area (Å²) in [6, 6.07) is 7.99. The van der Waals surface area contributed by atoms with Crippen LogP contribution in [0.5, 0.6) is 0 Å². The lowest BCUT2D eigenvalue weighted by Crippen LogP contribution is -2.42. The van der Waals surface area contributed by atoms with Gasteiger partial charge in [0.1, 0.15) is 0 Å². The Labute approximate surface area is 135 Å². The van der Waals surface area contributed by atoms with Crippen LogP contribution in [0, 0.1) is 5.92 Å². The average molecular weight is 354 g/mol. The highest BCUT2D eigenvalue weighted by Crippen LogP contribution is 2.25. The van der Waals surface area contributed by atoms with E-state index in [9.17, 15) is 4.79 Å². The Kier molecular flexibility index (Phi) is 6.06. The molecule has 1 aliphatic rings. The van der Waals surface area contributed by atoms with Crippen molar-refractivity contribution in [1.82, 2.24) is 5.32 Å². The Morgan fingerprint density at radius 1 is 1.57 bits per heavy atom. The van der Waals surface area contributed by atoms with Crippen LogP contribution in [-0.2, 0) is 4.79 Å². The molecule has 2 rings (SSSR count). The zero-order chi connectivity index (χ0) is 15.2. The van der Waals surface area contributed by atoms with E-state index in [0.29, 0.717) is 5.92 Å². The van der Waals surface area contributed by atoms with E-state index in [0.717, 1.165) is 43.4 Å². The van der Waals surface area contributed by atoms with Crippen LogP contribution in [0.25, 0.3) is 0 Å². The minimum Gasteiger partial charge on any atom is -0.371 e. The molecule has 4 nitrogen and oxygen atoms in total. The van der Waals surface area contributed by atoms with Crippen molar-refractivity contribution < 1.29 is 4.79 Å². The molecule has 0 radical (unpaired) electrons. The summed E-state index contributed by atoms with van der Waals surface area (Å²) in [5, 5.41) is 2.99. The van der Waals surface area contributed by atoms with Crippen molar-refractivity contribution in [3.05, 3.63) is 28.7 Å². The lowest BCUT2D eigenvalue weighted by molar-refractivity contribution is -0.122. The van der Waals surface area contributed by atoms with Gasteiger partial charge in [-0.25, -0.2) is 0 Å². The molecule has 1 aromatic carbocycles. The molecule has 0 spiro atoms. The second-order valence-electron chi connectivity index (χ2n) is 5.72. The quantitative estimate of drug-likeness (QED) is 0.825. The largest absolute Gasteiger partial charge is 0.371 e. The highest BCUT2D eigenvalue weighted by molar-refractivity contribution is 9.10. The molecule has 1 amide bonds. The third kappa shape index (κ3) is 4.71. The van der Waals surface area contributed by atoms with Crippen LogP contribution >= 0.6 is 15.9 Å². The van der Waals surface area contributed by atoms with E-state index < -0.39 is 0 Å². The van der Waals surface area contributed by atoms with Crippen LogP contribution in [-0.4, -0.2) is 31.6 Å². The number of hydrogen-bond acceptors (Lipinski definition) is 3. The second-order valence-corrected chi connectivity index (χ2v) is 6.64. The summed E-state index contributed by atoms with van der Waals surface area (Å²) in [6.45, 7) is 4.79. The van der Waals surface area contributed by atoms with Gasteiger partial charge >= 0.3 is 0 Å². The Morgan fingerprint density at radius 3 is 3.10 bits per heavy atom. The summed E-state index contributed by atoms with van der Waals surface area (Å²) in [5.74, 6) is 0.486. The third-order valence-electron chi connectivity index (χ3n) is 3.96. The van der Waals surface area contributed by atoms with Crippen molar-refractivity contribution in [2.24, 2.45) is 11.7 Å². The van der Waals surface area contributed by atoms with E-state index in [1.165, 1.54) is 5.69 Å². The SMILES string of the molecule is CCCC(N)C(=O)NCC1CCN(c2cccc(Br)c2)C1. The Morgan fingerprint density at radius 2 is 2.38 bits per heavy atom. The summed E-state index contributed by atoms with van der Waals surface area (Å²) >= 11 is 3.51. The van der Waals surface area contributed by atoms with Crippen molar-refractivity contribution in [2.75, 3.05) is 24.5 Å². The minimum atomic E-state index is -0.363. The number of carbonyl (C=O) groups is 1. The number of rotatable bonds is 6. The van der Waals surface area contributed by atoms with Gasteiger partial charge < -0.3 is 16.0 Å². The number of nitrogens with two attached hydrogens (primary N) is 1. The molecule has 116 valence electrons. The van der Waals surface area contributed by atoms with Gasteiger partial charge in [-0.1, -0.05) is 35.3 Å². The molecule has 21 heavy (non-hydrogen) atoms. The first kappa shape index (κ1) is 16.3. The molecule has 2 atom stereocenters. The maximum Gasteiger partial charge on any atom is 0.236 e. The molecule has 0 aliphatic carbocycles. The van der Waals surface area contributed by atoms with Crippen molar-refractivity contribution in [1.29, 1.82) is 0 Å². The van der Waals surface area contributed by atoms with E-state index in [1.807, 2.05) is 13.0 Å². The van der Waals surface area contributed by atoms with Gasteiger partial charge in [0.25, 0.3) is 0 Å². The summed E-state index contributed by atoms with van der Waals surface area (Å²) in [5.41, 5.74) is 7.06. The first-order valence-corrected chi connectivity index (χ1v) is 8.43. The molecule has 0 bridgehead atoms. The molecule has 5 heteroatoms. The normalized spacial score (nSPS) is 19.6. The number of halogens is 1. The molecule has 0 aromatic heterocycles. The Bertz CT molecular complexity index is 480. The summed E-state index contributed by atoms with van der Waals surface area (Å²) in [6.07, 6.45) is 2.80. The zero-order valence-corrected chi connectivity index (χ0v) is 14.1. The predicted octanol–water partition coefficient (Wildman–Crippen LogP) is 2.52. The summed E-state index contributed by atoms with van der Waals surface area (Å²) in [7, 11) is 0. The fourth-order valence-corrected chi connectivity index (χ4v) is 3.11. The molecule has 3 N–H and O–H groups in total. The van der Waals surface area contributed by atoms with Gasteiger partial charge in [0.2, 0.25) is 5.91 Å². The van der Waals surface area contributed by atoms with Gasteiger partial charge in [-0.15, -0.1) is 0 Å². The van der Waals surface area contributed by atoms with Gasteiger partial charge in [-0.2, -0.15) is 0 Å².